The van der Waals surface area contributed by atoms with Gasteiger partial charge in [0.05, 0.1) is 16.6 Å². The summed E-state index contributed by atoms with van der Waals surface area (Å²) in [5, 5.41) is 12.0. The number of halogens is 1. The number of rotatable bonds is 6. The average Bonchev–Trinajstić information content (AvgIpc) is 2.36. The highest BCUT2D eigenvalue weighted by Crippen LogP contribution is 2.19. The second-order valence-corrected chi connectivity index (χ2v) is 5.52. The van der Waals surface area contributed by atoms with Gasteiger partial charge in [0.2, 0.25) is 0 Å². The summed E-state index contributed by atoms with van der Waals surface area (Å²) >= 11 is 5.84. The van der Waals surface area contributed by atoms with E-state index in [1.165, 1.54) is 6.07 Å². The number of hydrogen-bond donors (Lipinski definition) is 3. The Morgan fingerprint density at radius 2 is 2.05 bits per heavy atom. The summed E-state index contributed by atoms with van der Waals surface area (Å²) in [6.45, 7) is 3.98. The van der Waals surface area contributed by atoms with Crippen molar-refractivity contribution >= 4 is 29.2 Å². The predicted molar refractivity (Wildman–Crippen MR) is 78.8 cm³/mol. The van der Waals surface area contributed by atoms with Gasteiger partial charge >= 0.3 is 5.97 Å². The molecule has 0 aromatic heterocycles. The van der Waals surface area contributed by atoms with Gasteiger partial charge in [0.15, 0.2) is 0 Å². The second kappa shape index (κ2) is 7.14. The van der Waals surface area contributed by atoms with Crippen LogP contribution in [0.25, 0.3) is 0 Å². The van der Waals surface area contributed by atoms with E-state index >= 15 is 0 Å². The van der Waals surface area contributed by atoms with E-state index < -0.39 is 11.9 Å². The molecule has 1 aromatic rings. The van der Waals surface area contributed by atoms with Gasteiger partial charge in [0.25, 0.3) is 5.91 Å². The van der Waals surface area contributed by atoms with Crippen molar-refractivity contribution in [2.24, 2.45) is 11.8 Å². The maximum absolute atomic E-state index is 11.9. The molecule has 0 bridgehead atoms. The number of nitrogens with two attached hydrogens (primary N) is 1. The Morgan fingerprint density at radius 3 is 2.55 bits per heavy atom. The van der Waals surface area contributed by atoms with Gasteiger partial charge in [-0.25, -0.2) is 0 Å². The molecule has 0 spiro atoms. The van der Waals surface area contributed by atoms with Crippen molar-refractivity contribution < 1.29 is 14.7 Å². The Morgan fingerprint density at radius 1 is 1.40 bits per heavy atom. The van der Waals surface area contributed by atoms with Gasteiger partial charge in [0, 0.05) is 12.1 Å². The monoisotopic (exact) mass is 298 g/mol. The lowest BCUT2D eigenvalue weighted by Crippen LogP contribution is -2.33. The van der Waals surface area contributed by atoms with Crippen molar-refractivity contribution in [2.45, 2.75) is 20.3 Å². The van der Waals surface area contributed by atoms with Crippen LogP contribution in [0.15, 0.2) is 18.2 Å². The molecule has 4 N–H and O–H groups in total. The van der Waals surface area contributed by atoms with Gasteiger partial charge in [-0.05, 0) is 30.5 Å². The van der Waals surface area contributed by atoms with Crippen LogP contribution in [0.4, 0.5) is 5.69 Å². The lowest BCUT2D eigenvalue weighted by atomic mass is 9.97. The zero-order valence-corrected chi connectivity index (χ0v) is 12.3. The van der Waals surface area contributed by atoms with Crippen LogP contribution in [-0.2, 0) is 4.79 Å². The van der Waals surface area contributed by atoms with E-state index in [4.69, 9.17) is 22.4 Å². The first-order valence-corrected chi connectivity index (χ1v) is 6.75. The average molecular weight is 299 g/mol. The number of hydrogen-bond acceptors (Lipinski definition) is 3. The molecule has 1 aromatic carbocycles. The predicted octanol–water partition coefficient (Wildman–Crippen LogP) is 2.40. The first-order chi connectivity index (χ1) is 9.31. The Bertz CT molecular complexity index is 503. The molecule has 5 nitrogen and oxygen atoms in total. The fraction of sp³-hybridized carbons (Fsp3) is 0.429. The highest BCUT2D eigenvalue weighted by molar-refractivity contribution is 6.33. The molecular weight excluding hydrogens is 280 g/mol. The van der Waals surface area contributed by atoms with E-state index in [0.29, 0.717) is 22.7 Å². The molecule has 0 heterocycles. The Kier molecular flexibility index (Phi) is 5.82. The third-order valence-electron chi connectivity index (χ3n) is 2.88. The number of amides is 1. The van der Waals surface area contributed by atoms with Gasteiger partial charge in [-0.3, -0.25) is 9.59 Å². The number of nitrogens with one attached hydrogen (secondary N) is 1. The molecular formula is C14H19ClN2O3. The lowest BCUT2D eigenvalue weighted by Gasteiger charge is -2.15. The molecule has 0 aliphatic rings. The van der Waals surface area contributed by atoms with Crippen molar-refractivity contribution in [3.05, 3.63) is 28.8 Å². The van der Waals surface area contributed by atoms with E-state index in [9.17, 15) is 9.59 Å². The van der Waals surface area contributed by atoms with E-state index in [2.05, 4.69) is 5.32 Å². The highest BCUT2D eigenvalue weighted by Gasteiger charge is 2.20. The molecule has 0 saturated carbocycles. The number of carboxylic acids is 1. The van der Waals surface area contributed by atoms with Crippen molar-refractivity contribution in [3.8, 4) is 0 Å². The van der Waals surface area contributed by atoms with Crippen LogP contribution in [-0.4, -0.2) is 23.5 Å². The van der Waals surface area contributed by atoms with E-state index in [1.54, 1.807) is 12.1 Å². The molecule has 20 heavy (non-hydrogen) atoms. The normalized spacial score (nSPS) is 12.2. The van der Waals surface area contributed by atoms with Gasteiger partial charge in [0.1, 0.15) is 0 Å². The largest absolute Gasteiger partial charge is 0.481 e. The minimum atomic E-state index is -0.908. The van der Waals surface area contributed by atoms with Crippen molar-refractivity contribution in [1.82, 2.24) is 5.32 Å². The SMILES string of the molecule is CC(C)CC(CNC(=O)c1ccc(N)c(Cl)c1)C(=O)O. The number of carbonyl (C=O) groups is 2. The topological polar surface area (TPSA) is 92.4 Å². The second-order valence-electron chi connectivity index (χ2n) is 5.11. The smallest absolute Gasteiger partial charge is 0.308 e. The standard InChI is InChI=1S/C14H19ClN2O3/c1-8(2)5-10(14(19)20)7-17-13(18)9-3-4-12(16)11(15)6-9/h3-4,6,8,10H,5,7,16H2,1-2H3,(H,17,18)(H,19,20). The first-order valence-electron chi connectivity index (χ1n) is 6.37. The van der Waals surface area contributed by atoms with Crippen LogP contribution in [0.1, 0.15) is 30.6 Å². The summed E-state index contributed by atoms with van der Waals surface area (Å²) in [4.78, 5) is 23.0. The molecule has 0 saturated heterocycles. The van der Waals surface area contributed by atoms with Crippen molar-refractivity contribution in [2.75, 3.05) is 12.3 Å². The van der Waals surface area contributed by atoms with Crippen LogP contribution < -0.4 is 11.1 Å². The van der Waals surface area contributed by atoms with Gasteiger partial charge in [-0.15, -0.1) is 0 Å². The molecule has 0 aliphatic carbocycles. The Labute approximate surface area is 123 Å². The molecule has 110 valence electrons. The number of benzene rings is 1. The van der Waals surface area contributed by atoms with E-state index in [0.717, 1.165) is 0 Å². The van der Waals surface area contributed by atoms with Crippen LogP contribution in [0.5, 0.6) is 0 Å². The zero-order valence-electron chi connectivity index (χ0n) is 11.5. The molecule has 0 radical (unpaired) electrons. The lowest BCUT2D eigenvalue weighted by molar-refractivity contribution is -0.142. The Hall–Kier alpha value is -1.75. The maximum atomic E-state index is 11.9. The first kappa shape index (κ1) is 16.3. The summed E-state index contributed by atoms with van der Waals surface area (Å²) in [7, 11) is 0. The molecule has 1 atom stereocenters. The molecule has 1 amide bonds. The van der Waals surface area contributed by atoms with Gasteiger partial charge in [-0.1, -0.05) is 25.4 Å². The summed E-state index contributed by atoms with van der Waals surface area (Å²) < 4.78 is 0. The number of nitrogen functional groups attached to an aromatic ring is 1. The van der Waals surface area contributed by atoms with Crippen LogP contribution >= 0.6 is 11.6 Å². The molecule has 1 unspecified atom stereocenters. The maximum Gasteiger partial charge on any atom is 0.308 e. The molecule has 0 fully saturated rings. The van der Waals surface area contributed by atoms with E-state index in [1.807, 2.05) is 13.8 Å². The van der Waals surface area contributed by atoms with Crippen molar-refractivity contribution in [1.29, 1.82) is 0 Å². The quantitative estimate of drug-likeness (QED) is 0.703. The third-order valence-corrected chi connectivity index (χ3v) is 3.20. The van der Waals surface area contributed by atoms with Crippen LogP contribution in [0.3, 0.4) is 0 Å². The summed E-state index contributed by atoms with van der Waals surface area (Å²) in [6.07, 6.45) is 0.512. The fourth-order valence-corrected chi connectivity index (χ4v) is 2.01. The molecule has 1 rings (SSSR count). The number of carboxylic acid groups (broad SMARTS) is 1. The minimum absolute atomic E-state index is 0.0916. The van der Waals surface area contributed by atoms with Gasteiger partial charge < -0.3 is 16.2 Å². The molecule has 6 heteroatoms. The van der Waals surface area contributed by atoms with Crippen molar-refractivity contribution in [3.63, 3.8) is 0 Å². The summed E-state index contributed by atoms with van der Waals surface area (Å²) in [5.41, 5.74) is 6.32. The minimum Gasteiger partial charge on any atom is -0.481 e. The Balaban J connectivity index is 2.65. The fourth-order valence-electron chi connectivity index (χ4n) is 1.83. The highest BCUT2D eigenvalue weighted by atomic mass is 35.5. The van der Waals surface area contributed by atoms with Crippen LogP contribution in [0.2, 0.25) is 5.02 Å². The van der Waals surface area contributed by atoms with Gasteiger partial charge in [-0.2, -0.15) is 0 Å². The summed E-state index contributed by atoms with van der Waals surface area (Å²) in [5.74, 6) is -1.61. The van der Waals surface area contributed by atoms with E-state index in [-0.39, 0.29) is 18.4 Å². The van der Waals surface area contributed by atoms with Crippen LogP contribution in [0, 0.1) is 11.8 Å². The number of carbonyl (C=O) groups excluding carboxylic acids is 1. The number of anilines is 1. The third kappa shape index (κ3) is 4.74. The summed E-state index contributed by atoms with van der Waals surface area (Å²) in [6, 6.07) is 4.55. The number of aliphatic carboxylic acids is 1. The zero-order chi connectivity index (χ0) is 15.3. The molecule has 0 aliphatic heterocycles.